The van der Waals surface area contributed by atoms with Crippen LogP contribution in [0.25, 0.3) is 10.9 Å². The summed E-state index contributed by atoms with van der Waals surface area (Å²) in [5.41, 5.74) is 1.69. The molecule has 1 N–H and O–H groups in total. The highest BCUT2D eigenvalue weighted by molar-refractivity contribution is 5.90. The van der Waals surface area contributed by atoms with Gasteiger partial charge in [-0.15, -0.1) is 0 Å². The average molecular weight is 354 g/mol. The van der Waals surface area contributed by atoms with Crippen molar-refractivity contribution in [1.29, 1.82) is 0 Å². The number of piperidine rings is 1. The van der Waals surface area contributed by atoms with E-state index in [2.05, 4.69) is 17.9 Å². The minimum Gasteiger partial charge on any atom is -0.465 e. The van der Waals surface area contributed by atoms with Crippen LogP contribution in [0.5, 0.6) is 0 Å². The molecule has 4 heterocycles. The van der Waals surface area contributed by atoms with E-state index in [0.29, 0.717) is 6.42 Å². The number of aromatic nitrogens is 1. The number of rotatable bonds is 2. The van der Waals surface area contributed by atoms with E-state index >= 15 is 0 Å². The number of fused-ring (bicyclic) bond motifs is 3. The van der Waals surface area contributed by atoms with Gasteiger partial charge in [-0.2, -0.15) is 0 Å². The maximum absolute atomic E-state index is 12.8. The average Bonchev–Trinajstić information content (AvgIpc) is 3.02. The zero-order valence-electron chi connectivity index (χ0n) is 15.5. The second-order valence-electron chi connectivity index (χ2n) is 8.21. The highest BCUT2D eigenvalue weighted by atomic mass is 16.5. The van der Waals surface area contributed by atoms with Crippen molar-refractivity contribution < 1.29 is 14.6 Å². The number of carbonyl (C=O) groups excluding carboxylic acids is 1. The fraction of sp³-hybridized carbons (Fsp3) is 0.571. The van der Waals surface area contributed by atoms with Crippen LogP contribution in [0.4, 0.5) is 0 Å². The Morgan fingerprint density at radius 3 is 2.92 bits per heavy atom. The van der Waals surface area contributed by atoms with E-state index in [9.17, 15) is 9.90 Å². The first-order valence-corrected chi connectivity index (χ1v) is 9.73. The summed E-state index contributed by atoms with van der Waals surface area (Å²) in [6.45, 7) is 4.36. The van der Waals surface area contributed by atoms with Crippen molar-refractivity contribution in [1.82, 2.24) is 9.47 Å². The van der Waals surface area contributed by atoms with Crippen molar-refractivity contribution in [3.63, 3.8) is 0 Å². The lowest BCUT2D eigenvalue weighted by Crippen LogP contribution is -2.60. The van der Waals surface area contributed by atoms with Gasteiger partial charge in [0.2, 0.25) is 5.72 Å². The van der Waals surface area contributed by atoms with E-state index in [0.717, 1.165) is 50.0 Å². The van der Waals surface area contributed by atoms with Crippen molar-refractivity contribution in [2.45, 2.75) is 50.8 Å². The molecule has 2 aromatic rings. The Bertz CT molecular complexity index is 904. The first-order chi connectivity index (χ1) is 12.6. The number of hydrogen-bond donors (Lipinski definition) is 1. The van der Waals surface area contributed by atoms with Gasteiger partial charge in [-0.1, -0.05) is 25.1 Å². The standard InChI is InChI=1S/C21H26N2O3/c1-3-20-10-6-11-22-12-9-15-14-7-4-5-8-16(14)23(17(15)18(20)22)21(25,13-20)19(24)26-2/h4-5,7-8,18,25H,3,6,9-13H2,1-2H3/t18?,20?,21-/m1/s1. The molecule has 2 unspecified atom stereocenters. The van der Waals surface area contributed by atoms with Crippen molar-refractivity contribution in [3.05, 3.63) is 35.5 Å². The molecule has 138 valence electrons. The lowest BCUT2D eigenvalue weighted by atomic mass is 9.62. The Hall–Kier alpha value is -1.85. The molecule has 26 heavy (non-hydrogen) atoms. The fourth-order valence-electron chi connectivity index (χ4n) is 6.10. The van der Waals surface area contributed by atoms with E-state index in [1.165, 1.54) is 18.1 Å². The van der Waals surface area contributed by atoms with Gasteiger partial charge >= 0.3 is 5.97 Å². The van der Waals surface area contributed by atoms with Crippen LogP contribution in [-0.2, 0) is 21.7 Å². The van der Waals surface area contributed by atoms with Crippen molar-refractivity contribution in [2.75, 3.05) is 20.2 Å². The molecule has 0 saturated carbocycles. The van der Waals surface area contributed by atoms with Crippen LogP contribution in [0.1, 0.15) is 49.9 Å². The van der Waals surface area contributed by atoms with Crippen LogP contribution in [0.3, 0.4) is 0 Å². The normalized spacial score (nSPS) is 33.1. The molecule has 1 aromatic carbocycles. The molecule has 3 aliphatic heterocycles. The first-order valence-electron chi connectivity index (χ1n) is 9.73. The molecule has 0 spiro atoms. The lowest BCUT2D eigenvalue weighted by Gasteiger charge is -2.57. The Labute approximate surface area is 153 Å². The molecule has 5 rings (SSSR count). The van der Waals surface area contributed by atoms with Gasteiger partial charge in [0.15, 0.2) is 0 Å². The van der Waals surface area contributed by atoms with Gasteiger partial charge in [0.25, 0.3) is 0 Å². The molecule has 0 radical (unpaired) electrons. The Morgan fingerprint density at radius 1 is 1.35 bits per heavy atom. The second-order valence-corrected chi connectivity index (χ2v) is 8.21. The third kappa shape index (κ3) is 1.80. The van der Waals surface area contributed by atoms with Gasteiger partial charge in [-0.05, 0) is 49.3 Å². The maximum Gasteiger partial charge on any atom is 0.359 e. The number of hydrogen-bond acceptors (Lipinski definition) is 4. The third-order valence-electron chi connectivity index (χ3n) is 7.18. The second kappa shape index (κ2) is 5.33. The van der Waals surface area contributed by atoms with E-state index in [1.807, 2.05) is 22.8 Å². The Kier molecular flexibility index (Phi) is 3.35. The third-order valence-corrected chi connectivity index (χ3v) is 7.18. The summed E-state index contributed by atoms with van der Waals surface area (Å²) in [7, 11) is 1.37. The zero-order chi connectivity index (χ0) is 18.1. The van der Waals surface area contributed by atoms with Crippen molar-refractivity contribution >= 4 is 16.9 Å². The summed E-state index contributed by atoms with van der Waals surface area (Å²) in [5.74, 6) is -0.546. The first kappa shape index (κ1) is 16.3. The number of carbonyl (C=O) groups is 1. The lowest BCUT2D eigenvalue weighted by molar-refractivity contribution is -0.194. The number of para-hydroxylation sites is 1. The Balaban J connectivity index is 1.89. The van der Waals surface area contributed by atoms with Crippen LogP contribution in [-0.4, -0.2) is 40.7 Å². The molecular weight excluding hydrogens is 328 g/mol. The number of benzene rings is 1. The molecule has 5 nitrogen and oxygen atoms in total. The van der Waals surface area contributed by atoms with Gasteiger partial charge in [-0.3, -0.25) is 4.90 Å². The zero-order valence-corrected chi connectivity index (χ0v) is 15.5. The largest absolute Gasteiger partial charge is 0.465 e. The van der Waals surface area contributed by atoms with E-state index in [4.69, 9.17) is 4.74 Å². The predicted octanol–water partition coefficient (Wildman–Crippen LogP) is 2.95. The summed E-state index contributed by atoms with van der Waals surface area (Å²) >= 11 is 0. The topological polar surface area (TPSA) is 54.7 Å². The molecule has 1 fully saturated rings. The molecule has 3 aliphatic rings. The molecular formula is C21H26N2O3. The van der Waals surface area contributed by atoms with Crippen LogP contribution in [0.15, 0.2) is 24.3 Å². The number of nitrogens with zero attached hydrogens (tertiary/aromatic N) is 2. The Morgan fingerprint density at radius 2 is 2.15 bits per heavy atom. The molecule has 1 aromatic heterocycles. The SMILES string of the molecule is CCC12CCCN3CCc4c(n(c5ccccc45)[C@](O)(C(=O)OC)C1)C32. The van der Waals surface area contributed by atoms with E-state index in [1.54, 1.807) is 0 Å². The molecule has 0 aliphatic carbocycles. The molecule has 1 saturated heterocycles. The summed E-state index contributed by atoms with van der Waals surface area (Å²) in [6.07, 6.45) is 4.52. The smallest absolute Gasteiger partial charge is 0.359 e. The molecule has 3 atom stereocenters. The summed E-state index contributed by atoms with van der Waals surface area (Å²) in [5, 5.41) is 12.9. The monoisotopic (exact) mass is 354 g/mol. The summed E-state index contributed by atoms with van der Waals surface area (Å²) < 4.78 is 7.01. The van der Waals surface area contributed by atoms with E-state index in [-0.39, 0.29) is 11.5 Å². The van der Waals surface area contributed by atoms with Crippen molar-refractivity contribution in [2.24, 2.45) is 5.41 Å². The van der Waals surface area contributed by atoms with Crippen LogP contribution in [0, 0.1) is 5.41 Å². The number of methoxy groups -OCH3 is 1. The molecule has 0 amide bonds. The molecule has 5 heteroatoms. The highest BCUT2D eigenvalue weighted by Crippen LogP contribution is 2.60. The van der Waals surface area contributed by atoms with Crippen LogP contribution >= 0.6 is 0 Å². The molecule has 0 bridgehead atoms. The fourth-order valence-corrected chi connectivity index (χ4v) is 6.10. The number of esters is 1. The maximum atomic E-state index is 12.8. The van der Waals surface area contributed by atoms with Gasteiger partial charge < -0.3 is 14.4 Å². The van der Waals surface area contributed by atoms with Crippen LogP contribution < -0.4 is 0 Å². The van der Waals surface area contributed by atoms with Gasteiger partial charge in [-0.25, -0.2) is 4.79 Å². The van der Waals surface area contributed by atoms with Gasteiger partial charge in [0.05, 0.1) is 18.7 Å². The number of ether oxygens (including phenoxy) is 1. The number of aliphatic hydroxyl groups is 1. The highest BCUT2D eigenvalue weighted by Gasteiger charge is 2.60. The minimum absolute atomic E-state index is 0.0826. The predicted molar refractivity (Wildman–Crippen MR) is 98.7 cm³/mol. The van der Waals surface area contributed by atoms with Crippen LogP contribution in [0.2, 0.25) is 0 Å². The minimum atomic E-state index is -1.63. The van der Waals surface area contributed by atoms with E-state index < -0.39 is 11.7 Å². The van der Waals surface area contributed by atoms with Gasteiger partial charge in [0, 0.05) is 24.0 Å². The summed E-state index contributed by atoms with van der Waals surface area (Å²) in [6, 6.07) is 8.45. The van der Waals surface area contributed by atoms with Crippen molar-refractivity contribution in [3.8, 4) is 0 Å². The summed E-state index contributed by atoms with van der Waals surface area (Å²) in [4.78, 5) is 15.4. The van der Waals surface area contributed by atoms with Gasteiger partial charge in [0.1, 0.15) is 0 Å². The quantitative estimate of drug-likeness (QED) is 0.843.